The summed E-state index contributed by atoms with van der Waals surface area (Å²) in [4.78, 5) is 26.2. The first kappa shape index (κ1) is 19.3. The van der Waals surface area contributed by atoms with E-state index in [1.165, 1.54) is 11.0 Å². The zero-order valence-electron chi connectivity index (χ0n) is 16.2. The van der Waals surface area contributed by atoms with E-state index in [-0.39, 0.29) is 12.5 Å². The Balaban J connectivity index is 1.64. The highest BCUT2D eigenvalue weighted by atomic mass is 16.5. The van der Waals surface area contributed by atoms with E-state index in [4.69, 9.17) is 15.7 Å². The molecule has 2 amide bonds. The Morgan fingerprint density at radius 1 is 1.20 bits per heavy atom. The summed E-state index contributed by atoms with van der Waals surface area (Å²) in [7, 11) is 0. The number of ether oxygens (including phenoxy) is 1. The van der Waals surface area contributed by atoms with E-state index in [1.807, 2.05) is 35.0 Å². The van der Waals surface area contributed by atoms with Gasteiger partial charge in [-0.05, 0) is 24.3 Å². The van der Waals surface area contributed by atoms with Crippen molar-refractivity contribution in [3.63, 3.8) is 0 Å². The maximum Gasteiger partial charge on any atom is 0.260 e. The van der Waals surface area contributed by atoms with Crippen LogP contribution in [0, 0.1) is 11.3 Å². The number of carbonyl (C=O) groups excluding carboxylic acids is 2. The van der Waals surface area contributed by atoms with Crippen molar-refractivity contribution in [1.82, 2.24) is 4.57 Å². The molecule has 0 saturated heterocycles. The number of nitriles is 1. The maximum absolute atomic E-state index is 13.0. The molecule has 2 aromatic carbocycles. The van der Waals surface area contributed by atoms with Crippen LogP contribution in [0.15, 0.2) is 60.8 Å². The van der Waals surface area contributed by atoms with Gasteiger partial charge in [-0.3, -0.25) is 9.59 Å². The summed E-state index contributed by atoms with van der Waals surface area (Å²) in [6, 6.07) is 17.1. The summed E-state index contributed by atoms with van der Waals surface area (Å²) >= 11 is 0. The van der Waals surface area contributed by atoms with Gasteiger partial charge in [-0.15, -0.1) is 0 Å². The van der Waals surface area contributed by atoms with E-state index >= 15 is 0 Å². The lowest BCUT2D eigenvalue weighted by atomic mass is 10.1. The first-order chi connectivity index (χ1) is 14.6. The molecule has 0 fully saturated rings. The summed E-state index contributed by atoms with van der Waals surface area (Å²) in [5.41, 5.74) is 7.89. The fraction of sp³-hybridized carbons (Fsp3) is 0.174. The minimum Gasteiger partial charge on any atom is -0.477 e. The molecule has 4 rings (SSSR count). The van der Waals surface area contributed by atoms with Crippen LogP contribution in [0.3, 0.4) is 0 Å². The quantitative estimate of drug-likeness (QED) is 0.666. The highest BCUT2D eigenvalue weighted by Gasteiger charge is 2.31. The van der Waals surface area contributed by atoms with E-state index in [0.717, 1.165) is 16.5 Å². The van der Waals surface area contributed by atoms with E-state index in [2.05, 4.69) is 6.07 Å². The second kappa shape index (κ2) is 8.13. The molecule has 0 radical (unpaired) electrons. The van der Waals surface area contributed by atoms with Crippen molar-refractivity contribution in [3.05, 3.63) is 66.4 Å². The monoisotopic (exact) mass is 400 g/mol. The van der Waals surface area contributed by atoms with Gasteiger partial charge < -0.3 is 19.9 Å². The van der Waals surface area contributed by atoms with Crippen molar-refractivity contribution in [1.29, 1.82) is 5.26 Å². The SMILES string of the molecule is N#CCCn1cc(C=CC(=O)N2CC(C(N)=O)Oc3ccccc32)c2ccccc21. The van der Waals surface area contributed by atoms with Crippen molar-refractivity contribution in [3.8, 4) is 11.8 Å². The molecule has 7 heteroatoms. The van der Waals surface area contributed by atoms with Gasteiger partial charge in [0.2, 0.25) is 0 Å². The van der Waals surface area contributed by atoms with Crippen LogP contribution in [0.25, 0.3) is 17.0 Å². The molecule has 150 valence electrons. The third kappa shape index (κ3) is 3.63. The molecule has 0 aliphatic carbocycles. The lowest BCUT2D eigenvalue weighted by Gasteiger charge is -2.32. The largest absolute Gasteiger partial charge is 0.477 e. The number of nitrogens with two attached hydrogens (primary N) is 1. The molecule has 2 N–H and O–H groups in total. The summed E-state index contributed by atoms with van der Waals surface area (Å²) in [6.45, 7) is 0.634. The lowest BCUT2D eigenvalue weighted by molar-refractivity contribution is -0.125. The molecule has 1 atom stereocenters. The van der Waals surface area contributed by atoms with Crippen LogP contribution in [-0.2, 0) is 16.1 Å². The van der Waals surface area contributed by atoms with Crippen LogP contribution in [0.4, 0.5) is 5.69 Å². The zero-order valence-corrected chi connectivity index (χ0v) is 16.2. The van der Waals surface area contributed by atoms with Crippen LogP contribution in [0.2, 0.25) is 0 Å². The van der Waals surface area contributed by atoms with Gasteiger partial charge in [0.15, 0.2) is 6.10 Å². The van der Waals surface area contributed by atoms with Gasteiger partial charge in [0.25, 0.3) is 11.8 Å². The summed E-state index contributed by atoms with van der Waals surface area (Å²) in [5, 5.41) is 9.89. The molecule has 30 heavy (non-hydrogen) atoms. The number of benzene rings is 2. The Bertz CT molecular complexity index is 1190. The molecule has 1 unspecified atom stereocenters. The molecular weight excluding hydrogens is 380 g/mol. The van der Waals surface area contributed by atoms with Crippen LogP contribution in [-0.4, -0.2) is 29.0 Å². The molecule has 0 saturated carbocycles. The molecule has 2 heterocycles. The average Bonchev–Trinajstić information content (AvgIpc) is 3.13. The standard InChI is InChI=1S/C23H20N4O3/c24-12-5-13-26-14-16(17-6-1-2-7-18(17)26)10-11-22(28)27-15-21(23(25)29)30-20-9-4-3-8-19(20)27/h1-4,6-11,14,21H,5,13,15H2,(H2,25,29). The normalized spacial score (nSPS) is 15.6. The van der Waals surface area contributed by atoms with Crippen LogP contribution in [0.5, 0.6) is 5.75 Å². The molecule has 0 bridgehead atoms. The number of hydrogen-bond donors (Lipinski definition) is 1. The first-order valence-electron chi connectivity index (χ1n) is 9.58. The molecule has 1 aliphatic heterocycles. The Morgan fingerprint density at radius 2 is 1.97 bits per heavy atom. The Morgan fingerprint density at radius 3 is 2.77 bits per heavy atom. The summed E-state index contributed by atoms with van der Waals surface area (Å²) in [6.07, 6.45) is 4.68. The first-order valence-corrected chi connectivity index (χ1v) is 9.58. The molecule has 7 nitrogen and oxygen atoms in total. The van der Waals surface area contributed by atoms with Gasteiger partial charge >= 0.3 is 0 Å². The topological polar surface area (TPSA) is 101 Å². The second-order valence-corrected chi connectivity index (χ2v) is 6.96. The van der Waals surface area contributed by atoms with Gasteiger partial charge in [-0.2, -0.15) is 5.26 Å². The van der Waals surface area contributed by atoms with Crippen LogP contribution in [0.1, 0.15) is 12.0 Å². The van der Waals surface area contributed by atoms with Crippen molar-refractivity contribution in [2.24, 2.45) is 5.73 Å². The minimum atomic E-state index is -0.898. The van der Waals surface area contributed by atoms with Crippen molar-refractivity contribution < 1.29 is 14.3 Å². The number of rotatable bonds is 5. The number of para-hydroxylation sites is 3. The fourth-order valence-corrected chi connectivity index (χ4v) is 3.61. The summed E-state index contributed by atoms with van der Waals surface area (Å²) < 4.78 is 7.62. The Labute approximate surface area is 173 Å². The number of anilines is 1. The van der Waals surface area contributed by atoms with E-state index in [9.17, 15) is 9.59 Å². The predicted molar refractivity (Wildman–Crippen MR) is 114 cm³/mol. The van der Waals surface area contributed by atoms with Gasteiger partial charge in [0.1, 0.15) is 5.75 Å². The lowest BCUT2D eigenvalue weighted by Crippen LogP contribution is -2.49. The van der Waals surface area contributed by atoms with Crippen molar-refractivity contribution in [2.75, 3.05) is 11.4 Å². The number of primary amides is 1. The Kier molecular flexibility index (Phi) is 5.22. The molecule has 3 aromatic rings. The molecule has 1 aliphatic rings. The third-order valence-electron chi connectivity index (χ3n) is 5.05. The molecule has 0 spiro atoms. The highest BCUT2D eigenvalue weighted by Crippen LogP contribution is 2.33. The molecular formula is C23H20N4O3. The van der Waals surface area contributed by atoms with Crippen molar-refractivity contribution in [2.45, 2.75) is 19.1 Å². The van der Waals surface area contributed by atoms with Crippen molar-refractivity contribution >= 4 is 34.5 Å². The number of aryl methyl sites for hydroxylation is 1. The third-order valence-corrected chi connectivity index (χ3v) is 5.05. The second-order valence-electron chi connectivity index (χ2n) is 6.96. The number of nitrogens with zero attached hydrogens (tertiary/aromatic N) is 3. The van der Waals surface area contributed by atoms with Crippen LogP contribution >= 0.6 is 0 Å². The van der Waals surface area contributed by atoms with E-state index in [0.29, 0.717) is 24.4 Å². The highest BCUT2D eigenvalue weighted by molar-refractivity contribution is 6.06. The number of amides is 2. The zero-order chi connectivity index (χ0) is 21.1. The maximum atomic E-state index is 13.0. The predicted octanol–water partition coefficient (Wildman–Crippen LogP) is 2.85. The van der Waals surface area contributed by atoms with Gasteiger partial charge in [0, 0.05) is 35.3 Å². The summed E-state index contributed by atoms with van der Waals surface area (Å²) in [5.74, 6) is -0.444. The number of carbonyl (C=O) groups is 2. The average molecular weight is 400 g/mol. The van der Waals surface area contributed by atoms with E-state index < -0.39 is 12.0 Å². The number of hydrogen-bond acceptors (Lipinski definition) is 4. The van der Waals surface area contributed by atoms with Gasteiger partial charge in [0.05, 0.1) is 24.7 Å². The number of fused-ring (bicyclic) bond motifs is 2. The van der Waals surface area contributed by atoms with Crippen LogP contribution < -0.4 is 15.4 Å². The smallest absolute Gasteiger partial charge is 0.260 e. The van der Waals surface area contributed by atoms with Gasteiger partial charge in [-0.1, -0.05) is 30.3 Å². The van der Waals surface area contributed by atoms with E-state index in [1.54, 1.807) is 30.3 Å². The minimum absolute atomic E-state index is 0.0550. The fourth-order valence-electron chi connectivity index (χ4n) is 3.61. The van der Waals surface area contributed by atoms with Gasteiger partial charge in [-0.25, -0.2) is 0 Å². The molecule has 1 aromatic heterocycles. The Hall–Kier alpha value is -4.05. The number of aromatic nitrogens is 1.